The predicted octanol–water partition coefficient (Wildman–Crippen LogP) is 2.88. The number of hydrogen-bond acceptors (Lipinski definition) is 1. The molecule has 1 aliphatic rings. The van der Waals surface area contributed by atoms with Gasteiger partial charge in [0.1, 0.15) is 6.29 Å². The number of aldehydes is 1. The molecule has 66 valence electrons. The van der Waals surface area contributed by atoms with Gasteiger partial charge in [-0.25, -0.2) is 0 Å². The summed E-state index contributed by atoms with van der Waals surface area (Å²) < 4.78 is 0. The summed E-state index contributed by atoms with van der Waals surface area (Å²) in [6, 6.07) is 0. The second-order valence-electron chi connectivity index (χ2n) is 4.03. The van der Waals surface area contributed by atoms with Gasteiger partial charge < -0.3 is 0 Å². The minimum Gasteiger partial charge on any atom is -0.299 e. The zero-order chi connectivity index (χ0) is 9.19. The van der Waals surface area contributed by atoms with Gasteiger partial charge in [0.2, 0.25) is 0 Å². The van der Waals surface area contributed by atoms with Gasteiger partial charge in [-0.1, -0.05) is 25.5 Å². The third kappa shape index (κ3) is 1.66. The molecule has 0 aromatic heterocycles. The molecule has 0 unspecified atom stereocenters. The highest BCUT2D eigenvalue weighted by Crippen LogP contribution is 2.39. The normalized spacial score (nSPS) is 25.2. The van der Waals surface area contributed by atoms with Crippen LogP contribution in [0.3, 0.4) is 0 Å². The van der Waals surface area contributed by atoms with E-state index in [1.807, 2.05) is 0 Å². The number of carbonyl (C=O) groups excluding carboxylic acids is 1. The van der Waals surface area contributed by atoms with Crippen molar-refractivity contribution in [2.45, 2.75) is 33.6 Å². The van der Waals surface area contributed by atoms with Crippen LogP contribution in [0.15, 0.2) is 23.3 Å². The molecule has 0 bridgehead atoms. The lowest BCUT2D eigenvalue weighted by molar-refractivity contribution is -0.104. The Hall–Kier alpha value is -0.850. The van der Waals surface area contributed by atoms with Gasteiger partial charge in [-0.15, -0.1) is 0 Å². The first-order valence-electron chi connectivity index (χ1n) is 4.41. The molecule has 12 heavy (non-hydrogen) atoms. The fourth-order valence-electron chi connectivity index (χ4n) is 1.85. The van der Waals surface area contributed by atoms with Gasteiger partial charge in [0.15, 0.2) is 0 Å². The molecule has 0 amide bonds. The second-order valence-corrected chi connectivity index (χ2v) is 4.03. The highest BCUT2D eigenvalue weighted by molar-refractivity contribution is 5.69. The monoisotopic (exact) mass is 164 g/mol. The van der Waals surface area contributed by atoms with E-state index in [0.717, 1.165) is 19.1 Å². The average Bonchev–Trinajstić information content (AvgIpc) is 1.97. The summed E-state index contributed by atoms with van der Waals surface area (Å²) in [5, 5.41) is 0. The summed E-state index contributed by atoms with van der Waals surface area (Å²) in [4.78, 5) is 10.4. The van der Waals surface area contributed by atoms with Gasteiger partial charge in [0.25, 0.3) is 0 Å². The van der Waals surface area contributed by atoms with Crippen LogP contribution in [0.2, 0.25) is 0 Å². The van der Waals surface area contributed by atoms with Crippen LogP contribution in [0.25, 0.3) is 0 Å². The fourth-order valence-corrected chi connectivity index (χ4v) is 1.85. The van der Waals surface area contributed by atoms with E-state index in [9.17, 15) is 4.79 Å². The molecule has 0 spiro atoms. The van der Waals surface area contributed by atoms with E-state index in [1.54, 1.807) is 6.08 Å². The maximum atomic E-state index is 10.4. The van der Waals surface area contributed by atoms with Gasteiger partial charge in [-0.05, 0) is 36.8 Å². The van der Waals surface area contributed by atoms with Crippen molar-refractivity contribution < 1.29 is 4.79 Å². The Balaban J connectivity index is 3.04. The molecule has 0 heterocycles. The molecule has 0 atom stereocenters. The SMILES string of the molecule is CC1=CCCC(C)(C)C1=CC=O. The minimum atomic E-state index is 0.180. The van der Waals surface area contributed by atoms with E-state index in [1.165, 1.54) is 11.1 Å². The van der Waals surface area contributed by atoms with E-state index in [0.29, 0.717) is 0 Å². The summed E-state index contributed by atoms with van der Waals surface area (Å²) in [5.74, 6) is 0. The quantitative estimate of drug-likeness (QED) is 0.430. The number of allylic oxidation sites excluding steroid dienone is 4. The second kappa shape index (κ2) is 3.26. The third-order valence-corrected chi connectivity index (χ3v) is 2.61. The molecule has 0 aromatic carbocycles. The van der Waals surface area contributed by atoms with Gasteiger partial charge in [0.05, 0.1) is 0 Å². The van der Waals surface area contributed by atoms with Crippen LogP contribution in [0.1, 0.15) is 33.6 Å². The van der Waals surface area contributed by atoms with Crippen molar-refractivity contribution >= 4 is 6.29 Å². The molecule has 1 nitrogen and oxygen atoms in total. The van der Waals surface area contributed by atoms with Crippen molar-refractivity contribution in [3.63, 3.8) is 0 Å². The molecule has 0 saturated heterocycles. The van der Waals surface area contributed by atoms with Gasteiger partial charge in [-0.3, -0.25) is 4.79 Å². The van der Waals surface area contributed by atoms with Crippen molar-refractivity contribution in [3.8, 4) is 0 Å². The zero-order valence-electron chi connectivity index (χ0n) is 8.05. The Morgan fingerprint density at radius 1 is 1.50 bits per heavy atom. The lowest BCUT2D eigenvalue weighted by Gasteiger charge is -2.31. The summed E-state index contributed by atoms with van der Waals surface area (Å²) in [7, 11) is 0. The molecule has 1 aliphatic carbocycles. The van der Waals surface area contributed by atoms with Crippen molar-refractivity contribution in [1.29, 1.82) is 0 Å². The van der Waals surface area contributed by atoms with Crippen LogP contribution in [-0.4, -0.2) is 6.29 Å². The summed E-state index contributed by atoms with van der Waals surface area (Å²) in [6.45, 7) is 6.47. The fraction of sp³-hybridized carbons (Fsp3) is 0.545. The summed E-state index contributed by atoms with van der Waals surface area (Å²) in [5.41, 5.74) is 2.64. The number of hydrogen-bond donors (Lipinski definition) is 0. The highest BCUT2D eigenvalue weighted by Gasteiger charge is 2.26. The maximum absolute atomic E-state index is 10.4. The van der Waals surface area contributed by atoms with Crippen LogP contribution in [0, 0.1) is 5.41 Å². The molecule has 1 rings (SSSR count). The first-order valence-corrected chi connectivity index (χ1v) is 4.41. The van der Waals surface area contributed by atoms with Crippen LogP contribution in [-0.2, 0) is 4.79 Å². The molecule has 0 aromatic rings. The first-order chi connectivity index (χ1) is 5.58. The van der Waals surface area contributed by atoms with Crippen LogP contribution in [0.4, 0.5) is 0 Å². The smallest absolute Gasteiger partial charge is 0.143 e. The molecular formula is C11H16O. The summed E-state index contributed by atoms with van der Waals surface area (Å²) in [6.07, 6.45) is 7.07. The minimum absolute atomic E-state index is 0.180. The van der Waals surface area contributed by atoms with Crippen molar-refractivity contribution in [1.82, 2.24) is 0 Å². The highest BCUT2D eigenvalue weighted by atomic mass is 16.1. The molecule has 0 radical (unpaired) electrons. The van der Waals surface area contributed by atoms with E-state index < -0.39 is 0 Å². The van der Waals surface area contributed by atoms with E-state index in [2.05, 4.69) is 26.8 Å². The largest absolute Gasteiger partial charge is 0.299 e. The molecule has 0 fully saturated rings. The number of rotatable bonds is 1. The van der Waals surface area contributed by atoms with Crippen molar-refractivity contribution in [2.75, 3.05) is 0 Å². The number of carbonyl (C=O) groups is 1. The molecule has 0 aliphatic heterocycles. The Bertz CT molecular complexity index is 244. The third-order valence-electron chi connectivity index (χ3n) is 2.61. The Morgan fingerprint density at radius 2 is 2.17 bits per heavy atom. The molecule has 0 saturated carbocycles. The molecule has 0 N–H and O–H groups in total. The first kappa shape index (κ1) is 9.24. The van der Waals surface area contributed by atoms with Crippen LogP contribution >= 0.6 is 0 Å². The Morgan fingerprint density at radius 3 is 2.67 bits per heavy atom. The summed E-state index contributed by atoms with van der Waals surface area (Å²) >= 11 is 0. The van der Waals surface area contributed by atoms with E-state index >= 15 is 0 Å². The Labute approximate surface area is 74.2 Å². The molecular weight excluding hydrogens is 148 g/mol. The van der Waals surface area contributed by atoms with Crippen LogP contribution in [0.5, 0.6) is 0 Å². The topological polar surface area (TPSA) is 17.1 Å². The van der Waals surface area contributed by atoms with Gasteiger partial charge >= 0.3 is 0 Å². The average molecular weight is 164 g/mol. The van der Waals surface area contributed by atoms with Crippen LogP contribution < -0.4 is 0 Å². The van der Waals surface area contributed by atoms with Crippen molar-refractivity contribution in [3.05, 3.63) is 23.3 Å². The lowest BCUT2D eigenvalue weighted by atomic mass is 9.73. The standard InChI is InChI=1S/C11H16O/c1-9-5-4-7-11(2,3)10(9)6-8-12/h5-6,8H,4,7H2,1-3H3. The van der Waals surface area contributed by atoms with E-state index in [-0.39, 0.29) is 5.41 Å². The lowest BCUT2D eigenvalue weighted by Crippen LogP contribution is -2.18. The maximum Gasteiger partial charge on any atom is 0.143 e. The molecule has 1 heteroatoms. The van der Waals surface area contributed by atoms with Gasteiger partial charge in [0, 0.05) is 0 Å². The van der Waals surface area contributed by atoms with Crippen molar-refractivity contribution in [2.24, 2.45) is 5.41 Å². The predicted molar refractivity (Wildman–Crippen MR) is 50.9 cm³/mol. The zero-order valence-corrected chi connectivity index (χ0v) is 8.05. The van der Waals surface area contributed by atoms with E-state index in [4.69, 9.17) is 0 Å². The van der Waals surface area contributed by atoms with Gasteiger partial charge in [-0.2, -0.15) is 0 Å². The Kier molecular flexibility index (Phi) is 2.51.